The average molecular weight is 238 g/mol. The highest BCUT2D eigenvalue weighted by molar-refractivity contribution is 6.01. The molecule has 1 aromatic carbocycles. The number of Topliss-reactive ketones (excluding diaryl/α,β-unsaturated/α-hetero) is 1. The SMILES string of the molecule is CC.O=C1c2ccccc2O[C@H](CO)[C@H]1CO. The molecular formula is C13H18O4. The molecule has 1 aliphatic rings. The van der Waals surface area contributed by atoms with Gasteiger partial charge in [0.2, 0.25) is 0 Å². The average Bonchev–Trinajstić information content (AvgIpc) is 2.41. The molecule has 1 heterocycles. The number of hydrogen-bond acceptors (Lipinski definition) is 4. The molecule has 4 heteroatoms. The fourth-order valence-electron chi connectivity index (χ4n) is 1.75. The summed E-state index contributed by atoms with van der Waals surface area (Å²) in [6.45, 7) is 3.42. The lowest BCUT2D eigenvalue weighted by Gasteiger charge is -2.30. The number of ether oxygens (including phenoxy) is 1. The van der Waals surface area contributed by atoms with Crippen LogP contribution >= 0.6 is 0 Å². The minimum atomic E-state index is -0.662. The summed E-state index contributed by atoms with van der Waals surface area (Å²) in [5, 5.41) is 18.1. The third-order valence-electron chi connectivity index (χ3n) is 2.59. The zero-order valence-corrected chi connectivity index (χ0v) is 10.1. The number of carbonyl (C=O) groups is 1. The predicted octanol–water partition coefficient (Wildman–Crippen LogP) is 1.26. The van der Waals surface area contributed by atoms with Crippen molar-refractivity contribution in [1.29, 1.82) is 0 Å². The van der Waals surface area contributed by atoms with E-state index in [9.17, 15) is 4.79 Å². The number of aliphatic hydroxyl groups is 2. The molecule has 1 aliphatic heterocycles. The lowest BCUT2D eigenvalue weighted by molar-refractivity contribution is 0.0266. The molecule has 0 unspecified atom stereocenters. The second-order valence-corrected chi connectivity index (χ2v) is 3.49. The zero-order valence-electron chi connectivity index (χ0n) is 10.1. The van der Waals surface area contributed by atoms with Crippen LogP contribution in [0.4, 0.5) is 0 Å². The van der Waals surface area contributed by atoms with E-state index in [-0.39, 0.29) is 19.0 Å². The third-order valence-corrected chi connectivity index (χ3v) is 2.59. The van der Waals surface area contributed by atoms with Gasteiger partial charge in [0.15, 0.2) is 5.78 Å². The quantitative estimate of drug-likeness (QED) is 0.814. The molecule has 0 bridgehead atoms. The van der Waals surface area contributed by atoms with Crippen LogP contribution in [0.25, 0.3) is 0 Å². The molecule has 0 spiro atoms. The highest BCUT2D eigenvalue weighted by Gasteiger charge is 2.35. The molecule has 0 saturated carbocycles. The first kappa shape index (κ1) is 13.7. The van der Waals surface area contributed by atoms with Gasteiger partial charge in [-0.2, -0.15) is 0 Å². The van der Waals surface area contributed by atoms with Gasteiger partial charge in [0.25, 0.3) is 0 Å². The molecule has 2 rings (SSSR count). The molecule has 0 fully saturated rings. The standard InChI is InChI=1S/C11H12O4.C2H6/c12-5-8-10(6-13)15-9-4-2-1-3-7(9)11(8)14;1-2/h1-4,8,10,12-13H,5-6H2;1-2H3/t8-,10-;/m1./s1. The summed E-state index contributed by atoms with van der Waals surface area (Å²) < 4.78 is 5.42. The summed E-state index contributed by atoms with van der Waals surface area (Å²) in [5.41, 5.74) is 0.473. The first-order valence-electron chi connectivity index (χ1n) is 5.79. The zero-order chi connectivity index (χ0) is 12.8. The second-order valence-electron chi connectivity index (χ2n) is 3.49. The Bertz CT molecular complexity index is 375. The molecule has 1 aromatic rings. The summed E-state index contributed by atoms with van der Waals surface area (Å²) in [5.74, 6) is -0.352. The van der Waals surface area contributed by atoms with Crippen LogP contribution in [0.15, 0.2) is 24.3 Å². The van der Waals surface area contributed by atoms with E-state index in [2.05, 4.69) is 0 Å². The Morgan fingerprint density at radius 2 is 1.82 bits per heavy atom. The maximum absolute atomic E-state index is 11.9. The van der Waals surface area contributed by atoms with Gasteiger partial charge in [-0.25, -0.2) is 0 Å². The topological polar surface area (TPSA) is 66.8 Å². The summed E-state index contributed by atoms with van der Waals surface area (Å²) in [6.07, 6.45) is -0.641. The number of carbonyl (C=O) groups excluding carboxylic acids is 1. The van der Waals surface area contributed by atoms with Crippen molar-refractivity contribution in [3.63, 3.8) is 0 Å². The van der Waals surface area contributed by atoms with Crippen molar-refractivity contribution in [2.24, 2.45) is 5.92 Å². The normalized spacial score (nSPS) is 22.0. The molecule has 0 aliphatic carbocycles. The fraction of sp³-hybridized carbons (Fsp3) is 0.462. The number of benzene rings is 1. The molecule has 94 valence electrons. The maximum atomic E-state index is 11.9. The number of ketones is 1. The van der Waals surface area contributed by atoms with Gasteiger partial charge in [-0.1, -0.05) is 26.0 Å². The van der Waals surface area contributed by atoms with Gasteiger partial charge in [0.1, 0.15) is 11.9 Å². The third kappa shape index (κ3) is 2.65. The van der Waals surface area contributed by atoms with E-state index in [4.69, 9.17) is 14.9 Å². The van der Waals surface area contributed by atoms with Gasteiger partial charge >= 0.3 is 0 Å². The van der Waals surface area contributed by atoms with Gasteiger partial charge in [0.05, 0.1) is 24.7 Å². The van der Waals surface area contributed by atoms with Crippen molar-refractivity contribution >= 4 is 5.78 Å². The number of fused-ring (bicyclic) bond motifs is 1. The van der Waals surface area contributed by atoms with E-state index < -0.39 is 12.0 Å². The number of para-hydroxylation sites is 1. The lowest BCUT2D eigenvalue weighted by atomic mass is 9.90. The van der Waals surface area contributed by atoms with Crippen LogP contribution in [0.2, 0.25) is 0 Å². The van der Waals surface area contributed by atoms with Gasteiger partial charge in [-0.15, -0.1) is 0 Å². The molecule has 0 amide bonds. The molecule has 17 heavy (non-hydrogen) atoms. The first-order chi connectivity index (χ1) is 8.27. The van der Waals surface area contributed by atoms with Gasteiger partial charge in [0, 0.05) is 0 Å². The highest BCUT2D eigenvalue weighted by atomic mass is 16.5. The van der Waals surface area contributed by atoms with Crippen LogP contribution < -0.4 is 4.74 Å². The van der Waals surface area contributed by atoms with Crippen molar-refractivity contribution in [3.05, 3.63) is 29.8 Å². The Morgan fingerprint density at radius 3 is 2.41 bits per heavy atom. The maximum Gasteiger partial charge on any atom is 0.175 e. The summed E-state index contributed by atoms with van der Waals surface area (Å²) in [7, 11) is 0. The largest absolute Gasteiger partial charge is 0.486 e. The summed E-state index contributed by atoms with van der Waals surface area (Å²) in [6, 6.07) is 6.85. The van der Waals surface area contributed by atoms with E-state index in [1.807, 2.05) is 13.8 Å². The molecule has 0 radical (unpaired) electrons. The van der Waals surface area contributed by atoms with Crippen molar-refractivity contribution in [2.75, 3.05) is 13.2 Å². The Kier molecular flexibility index (Phi) is 5.12. The van der Waals surface area contributed by atoms with Crippen LogP contribution in [0.1, 0.15) is 24.2 Å². The minimum absolute atomic E-state index is 0.168. The lowest BCUT2D eigenvalue weighted by Crippen LogP contribution is -2.42. The molecule has 0 saturated heterocycles. The van der Waals surface area contributed by atoms with E-state index in [0.717, 1.165) is 0 Å². The van der Waals surface area contributed by atoms with Crippen LogP contribution in [0, 0.1) is 5.92 Å². The van der Waals surface area contributed by atoms with Gasteiger partial charge < -0.3 is 14.9 Å². The summed E-state index contributed by atoms with van der Waals surface area (Å²) in [4.78, 5) is 11.9. The van der Waals surface area contributed by atoms with Crippen molar-refractivity contribution in [1.82, 2.24) is 0 Å². The monoisotopic (exact) mass is 238 g/mol. The van der Waals surface area contributed by atoms with E-state index in [1.54, 1.807) is 24.3 Å². The second kappa shape index (κ2) is 6.37. The minimum Gasteiger partial charge on any atom is -0.486 e. The molecule has 4 nitrogen and oxygen atoms in total. The van der Waals surface area contributed by atoms with Crippen LogP contribution in [-0.2, 0) is 0 Å². The Balaban J connectivity index is 0.000000686. The Hall–Kier alpha value is -1.39. The molecule has 0 aromatic heterocycles. The molecule has 2 N–H and O–H groups in total. The van der Waals surface area contributed by atoms with Crippen molar-refractivity contribution in [2.45, 2.75) is 20.0 Å². The van der Waals surface area contributed by atoms with E-state index >= 15 is 0 Å². The van der Waals surface area contributed by atoms with Crippen LogP contribution in [0.3, 0.4) is 0 Å². The van der Waals surface area contributed by atoms with Gasteiger partial charge in [-0.3, -0.25) is 4.79 Å². The smallest absolute Gasteiger partial charge is 0.175 e. The molecule has 2 atom stereocenters. The van der Waals surface area contributed by atoms with Gasteiger partial charge in [-0.05, 0) is 12.1 Å². The first-order valence-corrected chi connectivity index (χ1v) is 5.79. The van der Waals surface area contributed by atoms with Crippen LogP contribution in [-0.4, -0.2) is 35.3 Å². The van der Waals surface area contributed by atoms with Crippen LogP contribution in [0.5, 0.6) is 5.75 Å². The fourth-order valence-corrected chi connectivity index (χ4v) is 1.75. The summed E-state index contributed by atoms with van der Waals surface area (Å²) >= 11 is 0. The Labute approximate surface area is 101 Å². The van der Waals surface area contributed by atoms with Crippen molar-refractivity contribution < 1.29 is 19.7 Å². The predicted molar refractivity (Wildman–Crippen MR) is 64.2 cm³/mol. The highest BCUT2D eigenvalue weighted by Crippen LogP contribution is 2.30. The Morgan fingerprint density at radius 1 is 1.18 bits per heavy atom. The van der Waals surface area contributed by atoms with Crippen molar-refractivity contribution in [3.8, 4) is 5.75 Å². The van der Waals surface area contributed by atoms with E-state index in [1.165, 1.54) is 0 Å². The number of rotatable bonds is 2. The van der Waals surface area contributed by atoms with E-state index in [0.29, 0.717) is 11.3 Å². The number of aliphatic hydroxyl groups excluding tert-OH is 2. The molecular weight excluding hydrogens is 220 g/mol. The number of hydrogen-bond donors (Lipinski definition) is 2.